The van der Waals surface area contributed by atoms with Crippen molar-refractivity contribution < 1.29 is 9.59 Å². The van der Waals surface area contributed by atoms with E-state index < -0.39 is 0 Å². The molecule has 7 heteroatoms. The number of nitrogens with zero attached hydrogens (tertiary/aromatic N) is 3. The summed E-state index contributed by atoms with van der Waals surface area (Å²) >= 11 is 3.44. The lowest BCUT2D eigenvalue weighted by molar-refractivity contribution is 0.0746. The van der Waals surface area contributed by atoms with Crippen LogP contribution in [0.15, 0.2) is 47.4 Å². The van der Waals surface area contributed by atoms with Crippen molar-refractivity contribution in [3.63, 3.8) is 0 Å². The number of amides is 1. The molecule has 1 fully saturated rings. The van der Waals surface area contributed by atoms with E-state index in [1.807, 2.05) is 4.90 Å². The lowest BCUT2D eigenvalue weighted by atomic mass is 10.1. The van der Waals surface area contributed by atoms with Gasteiger partial charge in [0, 0.05) is 42.2 Å². The highest BCUT2D eigenvalue weighted by Crippen LogP contribution is 2.32. The summed E-state index contributed by atoms with van der Waals surface area (Å²) in [5.74, 6) is 0.0248. The number of aromatic nitrogens is 1. The van der Waals surface area contributed by atoms with Gasteiger partial charge in [-0.15, -0.1) is 11.8 Å². The van der Waals surface area contributed by atoms with Crippen molar-refractivity contribution in [3.05, 3.63) is 53.6 Å². The fourth-order valence-corrected chi connectivity index (χ4v) is 4.86. The molecule has 0 saturated carbocycles. The zero-order valence-corrected chi connectivity index (χ0v) is 17.5. The lowest BCUT2D eigenvalue weighted by Gasteiger charge is -2.34. The maximum Gasteiger partial charge on any atom is 0.253 e. The molecule has 1 aliphatic rings. The average molecular weight is 412 g/mol. The zero-order chi connectivity index (χ0) is 19.7. The first-order chi connectivity index (χ1) is 13.5. The summed E-state index contributed by atoms with van der Waals surface area (Å²) in [5.41, 5.74) is 2.28. The largest absolute Gasteiger partial charge is 0.345 e. The minimum atomic E-state index is 0.00750. The number of fused-ring (bicyclic) bond motifs is 1. The number of Topliss-reactive ketones (excluding diaryl/α,β-unsaturated/α-hetero) is 1. The predicted octanol–water partition coefficient (Wildman–Crippen LogP) is 4.18. The Bertz CT molecular complexity index is 1020. The van der Waals surface area contributed by atoms with Gasteiger partial charge in [-0.3, -0.25) is 9.59 Å². The Kier molecular flexibility index (Phi) is 5.37. The predicted molar refractivity (Wildman–Crippen MR) is 116 cm³/mol. The third-order valence-corrected chi connectivity index (χ3v) is 6.76. The fourth-order valence-electron chi connectivity index (χ4n) is 3.29. The molecule has 2 aromatic carbocycles. The van der Waals surface area contributed by atoms with Gasteiger partial charge in [0.1, 0.15) is 0 Å². The number of rotatable bonds is 4. The van der Waals surface area contributed by atoms with Crippen LogP contribution in [0.3, 0.4) is 0 Å². The highest BCUT2D eigenvalue weighted by Gasteiger charge is 2.24. The summed E-state index contributed by atoms with van der Waals surface area (Å²) in [6, 6.07) is 13.3. The summed E-state index contributed by atoms with van der Waals surface area (Å²) in [5, 5.41) is 1.02. The Morgan fingerprint density at radius 2 is 1.68 bits per heavy atom. The standard InChI is InChI=1S/C21H21N3O2S2/c1-14(25)15-3-5-16(6-4-15)20(26)23-9-11-24(12-10-23)21-22-18-8-7-17(27-2)13-19(18)28-21/h3-8,13H,9-12H2,1-2H3. The molecule has 0 radical (unpaired) electrons. The quantitative estimate of drug-likeness (QED) is 0.476. The third kappa shape index (κ3) is 3.77. The van der Waals surface area contributed by atoms with Crippen LogP contribution in [0.1, 0.15) is 27.6 Å². The first-order valence-corrected chi connectivity index (χ1v) is 11.2. The molecule has 144 valence electrons. The topological polar surface area (TPSA) is 53.5 Å². The molecule has 0 atom stereocenters. The molecular formula is C21H21N3O2S2. The molecule has 0 spiro atoms. The van der Waals surface area contributed by atoms with Gasteiger partial charge in [0.15, 0.2) is 10.9 Å². The van der Waals surface area contributed by atoms with E-state index in [2.05, 4.69) is 29.4 Å². The van der Waals surface area contributed by atoms with E-state index in [9.17, 15) is 9.59 Å². The molecule has 2 heterocycles. The van der Waals surface area contributed by atoms with E-state index in [4.69, 9.17) is 4.98 Å². The van der Waals surface area contributed by atoms with E-state index >= 15 is 0 Å². The van der Waals surface area contributed by atoms with Crippen LogP contribution < -0.4 is 4.90 Å². The van der Waals surface area contributed by atoms with E-state index in [1.165, 1.54) is 16.5 Å². The number of piperazine rings is 1. The minimum Gasteiger partial charge on any atom is -0.345 e. The van der Waals surface area contributed by atoms with Crippen LogP contribution in [0, 0.1) is 0 Å². The van der Waals surface area contributed by atoms with Crippen LogP contribution in [0.25, 0.3) is 10.2 Å². The van der Waals surface area contributed by atoms with Crippen molar-refractivity contribution in [1.29, 1.82) is 0 Å². The van der Waals surface area contributed by atoms with Crippen LogP contribution in [0.5, 0.6) is 0 Å². The van der Waals surface area contributed by atoms with Crippen molar-refractivity contribution in [1.82, 2.24) is 9.88 Å². The van der Waals surface area contributed by atoms with Gasteiger partial charge in [0.25, 0.3) is 5.91 Å². The minimum absolute atomic E-state index is 0.00750. The van der Waals surface area contributed by atoms with Gasteiger partial charge in [0.05, 0.1) is 10.2 Å². The number of ketones is 1. The molecule has 28 heavy (non-hydrogen) atoms. The van der Waals surface area contributed by atoms with E-state index in [1.54, 1.807) is 47.4 Å². The Morgan fingerprint density at radius 1 is 1.00 bits per heavy atom. The molecule has 1 saturated heterocycles. The van der Waals surface area contributed by atoms with Crippen LogP contribution >= 0.6 is 23.1 Å². The van der Waals surface area contributed by atoms with Crippen molar-refractivity contribution in [2.75, 3.05) is 37.3 Å². The summed E-state index contributed by atoms with van der Waals surface area (Å²) < 4.78 is 1.20. The van der Waals surface area contributed by atoms with Gasteiger partial charge in [-0.2, -0.15) is 0 Å². The van der Waals surface area contributed by atoms with Gasteiger partial charge in [-0.1, -0.05) is 23.5 Å². The van der Waals surface area contributed by atoms with Crippen molar-refractivity contribution in [2.45, 2.75) is 11.8 Å². The Labute approximate surface area is 172 Å². The third-order valence-electron chi connectivity index (χ3n) is 4.96. The zero-order valence-electron chi connectivity index (χ0n) is 15.8. The molecule has 0 aliphatic carbocycles. The van der Waals surface area contributed by atoms with Crippen molar-refractivity contribution in [3.8, 4) is 0 Å². The SMILES string of the molecule is CSc1ccc2nc(N3CCN(C(=O)c4ccc(C(C)=O)cc4)CC3)sc2c1. The van der Waals surface area contributed by atoms with Crippen LogP contribution in [-0.2, 0) is 0 Å². The van der Waals surface area contributed by atoms with E-state index in [-0.39, 0.29) is 11.7 Å². The van der Waals surface area contributed by atoms with Crippen LogP contribution in [0.2, 0.25) is 0 Å². The Hall–Kier alpha value is -2.38. The van der Waals surface area contributed by atoms with Gasteiger partial charge in [0.2, 0.25) is 0 Å². The molecule has 4 rings (SSSR count). The monoisotopic (exact) mass is 411 g/mol. The summed E-state index contributed by atoms with van der Waals surface area (Å²) in [6.07, 6.45) is 2.08. The smallest absolute Gasteiger partial charge is 0.253 e. The normalized spacial score (nSPS) is 14.5. The lowest BCUT2D eigenvalue weighted by Crippen LogP contribution is -2.48. The first kappa shape index (κ1) is 19.0. The molecule has 0 unspecified atom stereocenters. The molecule has 1 amide bonds. The average Bonchev–Trinajstić information content (AvgIpc) is 3.16. The second-order valence-corrected chi connectivity index (χ2v) is 8.63. The summed E-state index contributed by atoms with van der Waals surface area (Å²) in [7, 11) is 0. The number of carbonyl (C=O) groups excluding carboxylic acids is 2. The molecule has 0 bridgehead atoms. The second-order valence-electron chi connectivity index (χ2n) is 6.74. The molecule has 1 aliphatic heterocycles. The highest BCUT2D eigenvalue weighted by molar-refractivity contribution is 7.98. The van der Waals surface area contributed by atoms with Gasteiger partial charge in [-0.05, 0) is 43.5 Å². The number of hydrogen-bond donors (Lipinski definition) is 0. The fraction of sp³-hybridized carbons (Fsp3) is 0.286. The highest BCUT2D eigenvalue weighted by atomic mass is 32.2. The summed E-state index contributed by atoms with van der Waals surface area (Å²) in [6.45, 7) is 4.40. The second kappa shape index (κ2) is 7.93. The molecule has 0 N–H and O–H groups in total. The van der Waals surface area contributed by atoms with Crippen LogP contribution in [0.4, 0.5) is 5.13 Å². The number of benzene rings is 2. The van der Waals surface area contributed by atoms with Gasteiger partial charge in [-0.25, -0.2) is 4.98 Å². The molecule has 3 aromatic rings. The van der Waals surface area contributed by atoms with Gasteiger partial charge < -0.3 is 9.80 Å². The number of thiazole rings is 1. The number of carbonyl (C=O) groups is 2. The molecular weight excluding hydrogens is 390 g/mol. The molecule has 5 nitrogen and oxygen atoms in total. The van der Waals surface area contributed by atoms with Gasteiger partial charge >= 0.3 is 0 Å². The maximum absolute atomic E-state index is 12.7. The Morgan fingerprint density at radius 3 is 2.32 bits per heavy atom. The van der Waals surface area contributed by atoms with E-state index in [0.29, 0.717) is 24.2 Å². The number of hydrogen-bond acceptors (Lipinski definition) is 6. The van der Waals surface area contributed by atoms with Crippen molar-refractivity contribution >= 4 is 50.1 Å². The Balaban J connectivity index is 1.42. The maximum atomic E-state index is 12.7. The molecule has 1 aromatic heterocycles. The summed E-state index contributed by atoms with van der Waals surface area (Å²) in [4.78, 5) is 34.3. The number of anilines is 1. The van der Waals surface area contributed by atoms with Crippen molar-refractivity contribution in [2.24, 2.45) is 0 Å². The van der Waals surface area contributed by atoms with E-state index in [0.717, 1.165) is 23.7 Å². The first-order valence-electron chi connectivity index (χ1n) is 9.15. The van der Waals surface area contributed by atoms with Crippen LogP contribution in [-0.4, -0.2) is 54.0 Å². The number of thioether (sulfide) groups is 1.